The minimum atomic E-state index is -1.12. The Balaban J connectivity index is 1.55. The molecule has 0 bridgehead atoms. The van der Waals surface area contributed by atoms with Crippen LogP contribution < -0.4 is 15.5 Å². The molecule has 1 fully saturated rings. The lowest BCUT2D eigenvalue weighted by Gasteiger charge is -2.26. The van der Waals surface area contributed by atoms with Crippen LogP contribution in [-0.4, -0.2) is 73.0 Å². The molecule has 1 saturated heterocycles. The minimum absolute atomic E-state index is 0.0444. The van der Waals surface area contributed by atoms with Crippen LogP contribution in [-0.2, 0) is 25.5 Å². The van der Waals surface area contributed by atoms with E-state index < -0.39 is 36.5 Å². The maximum Gasteiger partial charge on any atom is 0.323 e. The third kappa shape index (κ3) is 6.75. The molecular formula is C23H33N3O6. The van der Waals surface area contributed by atoms with Gasteiger partial charge in [0.1, 0.15) is 12.6 Å². The van der Waals surface area contributed by atoms with Crippen LogP contribution in [0, 0.1) is 5.92 Å². The van der Waals surface area contributed by atoms with Gasteiger partial charge in [-0.15, -0.1) is 0 Å². The highest BCUT2D eigenvalue weighted by molar-refractivity contribution is 6.02. The van der Waals surface area contributed by atoms with Gasteiger partial charge in [-0.2, -0.15) is 0 Å². The van der Waals surface area contributed by atoms with Crippen LogP contribution in [0.1, 0.15) is 37.7 Å². The van der Waals surface area contributed by atoms with Crippen LogP contribution in [0.15, 0.2) is 24.3 Å². The fourth-order valence-corrected chi connectivity index (χ4v) is 4.45. The first-order valence-electron chi connectivity index (χ1n) is 11.3. The highest BCUT2D eigenvalue weighted by Crippen LogP contribution is 2.27. The van der Waals surface area contributed by atoms with Crippen LogP contribution in [0.3, 0.4) is 0 Å². The summed E-state index contributed by atoms with van der Waals surface area (Å²) in [6.45, 7) is 2.06. The van der Waals surface area contributed by atoms with Crippen molar-refractivity contribution in [2.24, 2.45) is 5.92 Å². The average molecular weight is 448 g/mol. The van der Waals surface area contributed by atoms with Crippen molar-refractivity contribution in [2.75, 3.05) is 37.7 Å². The Morgan fingerprint density at radius 3 is 2.66 bits per heavy atom. The number of carboxylic acids is 2. The molecule has 2 heterocycles. The van der Waals surface area contributed by atoms with E-state index in [1.54, 1.807) is 12.1 Å². The zero-order chi connectivity index (χ0) is 22.9. The number of para-hydroxylation sites is 1. The number of carboxylic acid groups (broad SMARTS) is 2. The lowest BCUT2D eigenvalue weighted by atomic mass is 9.93. The minimum Gasteiger partial charge on any atom is -0.480 e. The average Bonchev–Trinajstić information content (AvgIpc) is 2.90. The molecule has 1 unspecified atom stereocenters. The highest BCUT2D eigenvalue weighted by atomic mass is 16.5. The predicted molar refractivity (Wildman–Crippen MR) is 119 cm³/mol. The Hall–Kier alpha value is -2.49. The number of nitrogens with zero attached hydrogens (tertiary/aromatic N) is 1. The zero-order valence-electron chi connectivity index (χ0n) is 18.3. The molecular weight excluding hydrogens is 414 g/mol. The van der Waals surface area contributed by atoms with Crippen molar-refractivity contribution >= 4 is 23.5 Å². The second-order valence-corrected chi connectivity index (χ2v) is 8.51. The monoisotopic (exact) mass is 447 g/mol. The summed E-state index contributed by atoms with van der Waals surface area (Å²) in [6.07, 6.45) is 5.19. The zero-order valence-corrected chi connectivity index (χ0v) is 18.3. The van der Waals surface area contributed by atoms with Gasteiger partial charge in [-0.05, 0) is 69.2 Å². The van der Waals surface area contributed by atoms with Crippen molar-refractivity contribution in [3.63, 3.8) is 0 Å². The smallest absolute Gasteiger partial charge is 0.323 e. The number of nitrogens with one attached hydrogen (secondary N) is 2. The lowest BCUT2D eigenvalue weighted by molar-refractivity contribution is -0.142. The van der Waals surface area contributed by atoms with Crippen molar-refractivity contribution in [1.82, 2.24) is 10.6 Å². The predicted octanol–water partition coefficient (Wildman–Crippen LogP) is 1.26. The van der Waals surface area contributed by atoms with E-state index >= 15 is 0 Å². The number of hydrogen-bond acceptors (Lipinski definition) is 6. The maximum absolute atomic E-state index is 13.1. The van der Waals surface area contributed by atoms with E-state index in [1.807, 2.05) is 12.1 Å². The summed E-state index contributed by atoms with van der Waals surface area (Å²) in [5.41, 5.74) is 1.43. The summed E-state index contributed by atoms with van der Waals surface area (Å²) in [6, 6.07) is 5.33. The van der Waals surface area contributed by atoms with Crippen LogP contribution in [0.4, 0.5) is 5.69 Å². The fourth-order valence-electron chi connectivity index (χ4n) is 4.45. The van der Waals surface area contributed by atoms with Crippen molar-refractivity contribution in [1.29, 1.82) is 0 Å². The molecule has 9 heteroatoms. The van der Waals surface area contributed by atoms with E-state index in [4.69, 9.17) is 4.74 Å². The number of aryl methyl sites for hydroxylation is 1. The standard InChI is InChI=1S/C23H33N3O6/c27-21(28)14-26-20-6-2-1-5-17(20)7-8-18(22(26)29)25-19(23(30)31)15-32-13-3-4-16-9-11-24-12-10-16/h1-2,5-6,16,18-19,24-25H,3-4,7-15H2,(H,27,28)(H,30,31)/t18?,19-/m0/s1. The van der Waals surface area contributed by atoms with Gasteiger partial charge in [0.25, 0.3) is 0 Å². The van der Waals surface area contributed by atoms with Crippen LogP contribution in [0.2, 0.25) is 0 Å². The molecule has 0 aromatic heterocycles. The quantitative estimate of drug-likeness (QED) is 0.373. The van der Waals surface area contributed by atoms with Gasteiger partial charge in [0.05, 0.1) is 12.6 Å². The fraction of sp³-hybridized carbons (Fsp3) is 0.609. The number of benzene rings is 1. The number of anilines is 1. The van der Waals surface area contributed by atoms with Gasteiger partial charge >= 0.3 is 11.9 Å². The summed E-state index contributed by atoms with van der Waals surface area (Å²) in [7, 11) is 0. The molecule has 2 aliphatic rings. The van der Waals surface area contributed by atoms with E-state index in [0.29, 0.717) is 31.1 Å². The molecule has 1 aromatic rings. The van der Waals surface area contributed by atoms with E-state index in [1.165, 1.54) is 17.7 Å². The maximum atomic E-state index is 13.1. The largest absolute Gasteiger partial charge is 0.480 e. The Labute approximate surface area is 188 Å². The molecule has 0 radical (unpaired) electrons. The van der Waals surface area contributed by atoms with Gasteiger partial charge in [-0.1, -0.05) is 18.2 Å². The number of ether oxygens (including phenoxy) is 1. The molecule has 1 amide bonds. The van der Waals surface area contributed by atoms with E-state index in [0.717, 1.165) is 31.5 Å². The summed E-state index contributed by atoms with van der Waals surface area (Å²) in [5, 5.41) is 25.2. The molecule has 32 heavy (non-hydrogen) atoms. The second-order valence-electron chi connectivity index (χ2n) is 8.51. The third-order valence-corrected chi connectivity index (χ3v) is 6.19. The van der Waals surface area contributed by atoms with Crippen LogP contribution in [0.25, 0.3) is 0 Å². The Kier molecular flexibility index (Phi) is 9.01. The lowest BCUT2D eigenvalue weighted by Crippen LogP contribution is -2.54. The number of fused-ring (bicyclic) bond motifs is 1. The van der Waals surface area contributed by atoms with Crippen molar-refractivity contribution in [3.05, 3.63) is 29.8 Å². The molecule has 0 spiro atoms. The second kappa shape index (κ2) is 11.9. The van der Waals surface area contributed by atoms with Crippen molar-refractivity contribution in [3.8, 4) is 0 Å². The first-order valence-corrected chi connectivity index (χ1v) is 11.3. The van der Waals surface area contributed by atoms with E-state index in [2.05, 4.69) is 10.6 Å². The Bertz CT molecular complexity index is 796. The van der Waals surface area contributed by atoms with Crippen molar-refractivity contribution in [2.45, 2.75) is 50.6 Å². The van der Waals surface area contributed by atoms with Gasteiger partial charge in [-0.25, -0.2) is 0 Å². The number of hydrogen-bond donors (Lipinski definition) is 4. The number of carbonyl (C=O) groups is 3. The van der Waals surface area contributed by atoms with Crippen molar-refractivity contribution < 1.29 is 29.3 Å². The van der Waals surface area contributed by atoms with E-state index in [-0.39, 0.29) is 6.61 Å². The summed E-state index contributed by atoms with van der Waals surface area (Å²) >= 11 is 0. The first-order chi connectivity index (χ1) is 15.5. The topological polar surface area (TPSA) is 128 Å². The van der Waals surface area contributed by atoms with Crippen LogP contribution >= 0.6 is 0 Å². The normalized spacial score (nSPS) is 20.4. The molecule has 1 aromatic carbocycles. The number of piperidine rings is 1. The van der Waals surface area contributed by atoms with Gasteiger partial charge in [0, 0.05) is 12.3 Å². The summed E-state index contributed by atoms with van der Waals surface area (Å²) < 4.78 is 5.63. The number of aliphatic carboxylic acids is 2. The summed E-state index contributed by atoms with van der Waals surface area (Å²) in [4.78, 5) is 37.5. The molecule has 176 valence electrons. The van der Waals surface area contributed by atoms with Gasteiger partial charge in [0.15, 0.2) is 0 Å². The number of carbonyl (C=O) groups excluding carboxylic acids is 1. The molecule has 4 N–H and O–H groups in total. The Morgan fingerprint density at radius 1 is 1.19 bits per heavy atom. The van der Waals surface area contributed by atoms with E-state index in [9.17, 15) is 24.6 Å². The molecule has 2 atom stereocenters. The molecule has 3 rings (SSSR count). The highest BCUT2D eigenvalue weighted by Gasteiger charge is 2.34. The van der Waals surface area contributed by atoms with Gasteiger partial charge in [0.2, 0.25) is 5.91 Å². The third-order valence-electron chi connectivity index (χ3n) is 6.19. The molecule has 0 saturated carbocycles. The number of amides is 1. The Morgan fingerprint density at radius 2 is 1.94 bits per heavy atom. The SMILES string of the molecule is O=C(O)CN1C(=O)C(N[C@@H](COCCCC2CCNCC2)C(=O)O)CCc2ccccc21. The van der Waals surface area contributed by atoms with Gasteiger partial charge in [-0.3, -0.25) is 24.6 Å². The van der Waals surface area contributed by atoms with Gasteiger partial charge < -0.3 is 20.3 Å². The molecule has 2 aliphatic heterocycles. The number of rotatable bonds is 11. The first kappa shape index (κ1) is 24.2. The van der Waals surface area contributed by atoms with Crippen LogP contribution in [0.5, 0.6) is 0 Å². The molecule has 0 aliphatic carbocycles. The molecule has 9 nitrogen and oxygen atoms in total. The summed E-state index contributed by atoms with van der Waals surface area (Å²) in [5.74, 6) is -1.96.